The summed E-state index contributed by atoms with van der Waals surface area (Å²) in [5, 5.41) is 79.0. The normalized spacial score (nSPS) is 34.0. The van der Waals surface area contributed by atoms with Crippen molar-refractivity contribution in [2.45, 2.75) is 86.2 Å². The van der Waals surface area contributed by atoms with Crippen molar-refractivity contribution in [1.82, 2.24) is 15.5 Å². The van der Waals surface area contributed by atoms with Gasteiger partial charge in [0.2, 0.25) is 12.1 Å². The number of aliphatic imine (C=N–C) groups is 1. The van der Waals surface area contributed by atoms with Gasteiger partial charge in [0.15, 0.2) is 18.4 Å². The molecule has 5 aliphatic heterocycles. The fourth-order valence-electron chi connectivity index (χ4n) is 8.19. The number of rotatable bonds is 13. The Balaban J connectivity index is 1.52. The zero-order valence-electron chi connectivity index (χ0n) is 33.6. The van der Waals surface area contributed by atoms with Gasteiger partial charge in [0.25, 0.3) is 0 Å². The summed E-state index contributed by atoms with van der Waals surface area (Å²) < 4.78 is 30.1. The van der Waals surface area contributed by atoms with Gasteiger partial charge in [-0.1, -0.05) is 39.5 Å². The molecule has 5 heterocycles. The Bertz CT molecular complexity index is 1850. The number of guanidine groups is 1. The second kappa shape index (κ2) is 21.2. The fraction of sp³-hybridized carbons (Fsp3) is 0.625. The Morgan fingerprint density at radius 1 is 1.23 bits per heavy atom. The van der Waals surface area contributed by atoms with Crippen molar-refractivity contribution in [3.63, 3.8) is 0 Å². The molecule has 19 nitrogen and oxygen atoms in total. The molecule has 0 radical (unpaired) electrons. The van der Waals surface area contributed by atoms with E-state index in [1.54, 1.807) is 28.8 Å². The Hall–Kier alpha value is -3.63. The van der Waals surface area contributed by atoms with E-state index in [4.69, 9.17) is 29.4 Å². The number of esters is 1. The third kappa shape index (κ3) is 10.4. The number of aliphatic hydroxyl groups is 6. The second-order valence-electron chi connectivity index (χ2n) is 15.3. The standard InChI is InChI=1S/C40H55N5O14S2/c1-3-24-31-21-7-5-10-30(27(16-47)45-14-23(13-21)32(25(15-45)35(50)51)44-39(41)43-11-6-12-46)61-60-19-22-8-4-9-28(22)57-36(52)26(31)18-55-37(24)59-38-34(56-20-42-2)40(53,54)33(49)29(17-48)58-38/h3,13,15,18,22,24,27-31,33-34,37-38,42,46-49,53-54H,1,4,6,8-12,14,16-17,19-20H2,2H3,(H,50,51)(H3,41,43,44). The number of carboxylic acids is 1. The number of nitrogens with two attached hydrogens (primary N) is 1. The molecular weight excluding hydrogens is 839 g/mol. The molecule has 11 atom stereocenters. The molecule has 11 unspecified atom stereocenters. The maximum atomic E-state index is 14.4. The van der Waals surface area contributed by atoms with E-state index < -0.39 is 79.2 Å². The maximum absolute atomic E-state index is 14.4. The SMILES string of the molecule is C=CC1C(OC2OC(CO)C(O)C(O)(O)C2OCNC)OC=C2C(=O)OC3CCCC3CSSC3CC#CC(=CC4=C(NC(N)=NCCCO)C(C(=O)O)=CN(C4)C3CO)C21. The highest BCUT2D eigenvalue weighted by molar-refractivity contribution is 8.77. The number of aliphatic carboxylic acids is 1. The first-order valence-electron chi connectivity index (χ1n) is 20.1. The van der Waals surface area contributed by atoms with E-state index in [0.29, 0.717) is 29.7 Å². The molecule has 1 saturated heterocycles. The predicted octanol–water partition coefficient (Wildman–Crippen LogP) is -1.02. The van der Waals surface area contributed by atoms with Crippen LogP contribution in [0.5, 0.6) is 0 Å². The minimum absolute atomic E-state index is 0.0349. The van der Waals surface area contributed by atoms with Crippen LogP contribution in [0.15, 0.2) is 64.2 Å². The molecule has 4 bridgehead atoms. The molecule has 336 valence electrons. The summed E-state index contributed by atoms with van der Waals surface area (Å²) in [5.41, 5.74) is 6.88. The highest BCUT2D eigenvalue weighted by Crippen LogP contribution is 2.44. The van der Waals surface area contributed by atoms with E-state index in [1.807, 2.05) is 0 Å². The van der Waals surface area contributed by atoms with Crippen molar-refractivity contribution in [3.8, 4) is 11.8 Å². The number of hydrogen-bond donors (Lipinski definition) is 10. The lowest BCUT2D eigenvalue weighted by Gasteiger charge is -2.47. The summed E-state index contributed by atoms with van der Waals surface area (Å²) in [6, 6.07) is -0.564. The Labute approximate surface area is 361 Å². The van der Waals surface area contributed by atoms with E-state index in [9.17, 15) is 45.3 Å². The Morgan fingerprint density at radius 3 is 2.74 bits per heavy atom. The monoisotopic (exact) mass is 893 g/mol. The summed E-state index contributed by atoms with van der Waals surface area (Å²) in [7, 11) is 4.67. The zero-order valence-corrected chi connectivity index (χ0v) is 35.3. The fourth-order valence-corrected chi connectivity index (χ4v) is 11.4. The van der Waals surface area contributed by atoms with E-state index in [2.05, 4.69) is 34.0 Å². The molecule has 11 N–H and O–H groups in total. The number of fused-ring (bicyclic) bond motifs is 8. The van der Waals surface area contributed by atoms with Crippen molar-refractivity contribution in [1.29, 1.82) is 0 Å². The van der Waals surface area contributed by atoms with Crippen molar-refractivity contribution in [2.75, 3.05) is 52.4 Å². The number of carboxylic acid groups (broad SMARTS) is 1. The van der Waals surface area contributed by atoms with Crippen LogP contribution in [0.3, 0.4) is 0 Å². The van der Waals surface area contributed by atoms with Gasteiger partial charge in [-0.3, -0.25) is 10.3 Å². The highest BCUT2D eigenvalue weighted by Gasteiger charge is 2.57. The molecule has 0 aromatic rings. The minimum atomic E-state index is -2.97. The van der Waals surface area contributed by atoms with Crippen LogP contribution < -0.4 is 16.4 Å². The van der Waals surface area contributed by atoms with Gasteiger partial charge in [0, 0.05) is 60.7 Å². The average molecular weight is 894 g/mol. The summed E-state index contributed by atoms with van der Waals surface area (Å²) in [6.07, 6.45) is -0.0537. The topological polar surface area (TPSA) is 288 Å². The number of allylic oxidation sites excluding steroid dienone is 1. The van der Waals surface area contributed by atoms with Crippen LogP contribution in [0.2, 0.25) is 0 Å². The molecule has 2 fully saturated rings. The lowest BCUT2D eigenvalue weighted by atomic mass is 9.77. The largest absolute Gasteiger partial charge is 0.478 e. The molecule has 6 rings (SSSR count). The van der Waals surface area contributed by atoms with Crippen LogP contribution in [0, 0.1) is 29.6 Å². The molecule has 0 spiro atoms. The quantitative estimate of drug-likeness (QED) is 0.0155. The molecule has 0 aromatic carbocycles. The van der Waals surface area contributed by atoms with Gasteiger partial charge in [-0.25, -0.2) is 9.59 Å². The number of carbonyl (C=O) groups excluding carboxylic acids is 1. The Kier molecular flexibility index (Phi) is 16.3. The van der Waals surface area contributed by atoms with E-state index >= 15 is 0 Å². The van der Waals surface area contributed by atoms with Crippen LogP contribution in [-0.4, -0.2) is 165 Å². The summed E-state index contributed by atoms with van der Waals surface area (Å²) in [5.74, 6) is 0.0926. The molecule has 0 amide bonds. The first kappa shape index (κ1) is 46.9. The minimum Gasteiger partial charge on any atom is -0.478 e. The number of carbonyl (C=O) groups is 2. The molecule has 0 aromatic heterocycles. The van der Waals surface area contributed by atoms with Gasteiger partial charge in [0.05, 0.1) is 55.0 Å². The van der Waals surface area contributed by atoms with Crippen LogP contribution >= 0.6 is 21.6 Å². The average Bonchev–Trinajstić information content (AvgIpc) is 3.67. The number of nitrogens with zero attached hydrogens (tertiary/aromatic N) is 2. The van der Waals surface area contributed by atoms with Crippen LogP contribution in [0.1, 0.15) is 32.1 Å². The summed E-state index contributed by atoms with van der Waals surface area (Å²) >= 11 is 0. The molecule has 61 heavy (non-hydrogen) atoms. The lowest BCUT2D eigenvalue weighted by molar-refractivity contribution is -0.410. The van der Waals surface area contributed by atoms with Crippen molar-refractivity contribution in [3.05, 3.63) is 59.2 Å². The highest BCUT2D eigenvalue weighted by atomic mass is 33.1. The van der Waals surface area contributed by atoms with E-state index in [0.717, 1.165) is 12.8 Å². The van der Waals surface area contributed by atoms with Crippen molar-refractivity contribution in [2.24, 2.45) is 28.5 Å². The van der Waals surface area contributed by atoms with Gasteiger partial charge in [0.1, 0.15) is 18.3 Å². The van der Waals surface area contributed by atoms with Crippen LogP contribution in [0.4, 0.5) is 0 Å². The smallest absolute Gasteiger partial charge is 0.339 e. The molecule has 1 aliphatic carbocycles. The maximum Gasteiger partial charge on any atom is 0.339 e. The summed E-state index contributed by atoms with van der Waals surface area (Å²) in [4.78, 5) is 33.5. The van der Waals surface area contributed by atoms with Gasteiger partial charge < -0.3 is 75.4 Å². The predicted molar refractivity (Wildman–Crippen MR) is 222 cm³/mol. The van der Waals surface area contributed by atoms with Gasteiger partial charge >= 0.3 is 11.9 Å². The number of ether oxygens (including phenoxy) is 5. The van der Waals surface area contributed by atoms with Crippen LogP contribution in [-0.2, 0) is 33.3 Å². The molecule has 6 aliphatic rings. The Morgan fingerprint density at radius 2 is 2.03 bits per heavy atom. The van der Waals surface area contributed by atoms with Gasteiger partial charge in [-0.15, -0.1) is 6.58 Å². The number of nitrogens with one attached hydrogen (secondary N) is 2. The third-order valence-electron chi connectivity index (χ3n) is 11.4. The van der Waals surface area contributed by atoms with E-state index in [1.165, 1.54) is 29.3 Å². The van der Waals surface area contributed by atoms with Crippen molar-refractivity contribution < 1.29 is 69.0 Å². The second-order valence-corrected chi connectivity index (χ2v) is 18.0. The number of aliphatic hydroxyl groups excluding tert-OH is 4. The van der Waals surface area contributed by atoms with Gasteiger partial charge in [-0.2, -0.15) is 0 Å². The van der Waals surface area contributed by atoms with Gasteiger partial charge in [-0.05, 0) is 44.4 Å². The third-order valence-corrected chi connectivity index (χ3v) is 14.4. The summed E-state index contributed by atoms with van der Waals surface area (Å²) in [6.45, 7) is 2.80. The van der Waals surface area contributed by atoms with Crippen LogP contribution in [0.25, 0.3) is 0 Å². The van der Waals surface area contributed by atoms with E-state index in [-0.39, 0.29) is 73.4 Å². The molecule has 1 saturated carbocycles. The lowest BCUT2D eigenvalue weighted by Crippen LogP contribution is -2.69. The molecular formula is C40H55N5O14S2. The first-order chi connectivity index (χ1) is 29.4. The van der Waals surface area contributed by atoms with Crippen molar-refractivity contribution >= 4 is 39.5 Å². The zero-order chi connectivity index (χ0) is 43.8. The number of hydrogen-bond acceptors (Lipinski definition) is 18. The first-order valence-corrected chi connectivity index (χ1v) is 22.5. The molecule has 21 heteroatoms.